The fraction of sp³-hybridized carbons (Fsp3) is 0.909. The molecule has 2 aliphatic rings. The first-order valence-corrected chi connectivity index (χ1v) is 8.21. The molecule has 0 saturated carbocycles. The largest absolute Gasteiger partial charge is 0.465 e. The lowest BCUT2D eigenvalue weighted by Crippen LogP contribution is -2.48. The Morgan fingerprint density at radius 3 is 2.74 bits per heavy atom. The lowest BCUT2D eigenvalue weighted by molar-refractivity contribution is 0.103. The molecular weight excluding hydrogens is 272 g/mol. The Morgan fingerprint density at radius 1 is 1.37 bits per heavy atom. The molecular formula is C11H20N2O5S. The van der Waals surface area contributed by atoms with Crippen LogP contribution >= 0.6 is 0 Å². The van der Waals surface area contributed by atoms with Crippen molar-refractivity contribution in [1.29, 1.82) is 0 Å². The first kappa shape index (κ1) is 14.5. The molecule has 1 atom stereocenters. The molecule has 0 aromatic heterocycles. The van der Waals surface area contributed by atoms with Gasteiger partial charge in [0.2, 0.25) is 0 Å². The monoisotopic (exact) mass is 292 g/mol. The van der Waals surface area contributed by atoms with Crippen molar-refractivity contribution in [3.8, 4) is 0 Å². The standard InChI is InChI=1S/C11H20N2O5S/c1-19(16,17)18-8-7-12-6-4-11(9-12)3-2-5-13(11)10(14)15/h2-9H2,1H3,(H,14,15)/t11-/m1/s1. The van der Waals surface area contributed by atoms with Gasteiger partial charge in [-0.2, -0.15) is 8.42 Å². The van der Waals surface area contributed by atoms with Crippen molar-refractivity contribution in [1.82, 2.24) is 9.80 Å². The molecule has 0 bridgehead atoms. The summed E-state index contributed by atoms with van der Waals surface area (Å²) >= 11 is 0. The van der Waals surface area contributed by atoms with E-state index in [0.29, 0.717) is 19.6 Å². The third kappa shape index (κ3) is 3.37. The minimum atomic E-state index is -3.40. The quantitative estimate of drug-likeness (QED) is 0.744. The first-order chi connectivity index (χ1) is 8.82. The third-order valence-corrected chi connectivity index (χ3v) is 4.54. The molecule has 7 nitrogen and oxygen atoms in total. The molecule has 2 aliphatic heterocycles. The molecule has 0 aliphatic carbocycles. The van der Waals surface area contributed by atoms with Crippen LogP contribution in [0.15, 0.2) is 0 Å². The van der Waals surface area contributed by atoms with Crippen molar-refractivity contribution < 1.29 is 22.5 Å². The highest BCUT2D eigenvalue weighted by atomic mass is 32.2. The second kappa shape index (κ2) is 5.26. The van der Waals surface area contributed by atoms with Crippen LogP contribution in [-0.2, 0) is 14.3 Å². The van der Waals surface area contributed by atoms with Crippen molar-refractivity contribution >= 4 is 16.2 Å². The number of carboxylic acid groups (broad SMARTS) is 1. The molecule has 0 unspecified atom stereocenters. The molecule has 2 saturated heterocycles. The van der Waals surface area contributed by atoms with Crippen molar-refractivity contribution in [3.05, 3.63) is 0 Å². The van der Waals surface area contributed by atoms with Gasteiger partial charge in [0.15, 0.2) is 0 Å². The maximum atomic E-state index is 11.2. The highest BCUT2D eigenvalue weighted by molar-refractivity contribution is 7.85. The zero-order valence-electron chi connectivity index (χ0n) is 11.0. The van der Waals surface area contributed by atoms with Crippen LogP contribution in [0, 0.1) is 0 Å². The van der Waals surface area contributed by atoms with E-state index in [1.165, 1.54) is 0 Å². The molecule has 0 radical (unpaired) electrons. The Labute approximate surface area is 113 Å². The molecule has 1 amide bonds. The second-order valence-electron chi connectivity index (χ2n) is 5.31. The first-order valence-electron chi connectivity index (χ1n) is 6.40. The summed E-state index contributed by atoms with van der Waals surface area (Å²) in [4.78, 5) is 14.8. The summed E-state index contributed by atoms with van der Waals surface area (Å²) in [6.45, 7) is 2.70. The van der Waals surface area contributed by atoms with Crippen LogP contribution in [0.4, 0.5) is 4.79 Å². The molecule has 19 heavy (non-hydrogen) atoms. The average Bonchev–Trinajstić information content (AvgIpc) is 2.85. The topological polar surface area (TPSA) is 87.2 Å². The third-order valence-electron chi connectivity index (χ3n) is 3.94. The number of hydrogen-bond acceptors (Lipinski definition) is 5. The van der Waals surface area contributed by atoms with E-state index < -0.39 is 16.2 Å². The zero-order valence-corrected chi connectivity index (χ0v) is 11.9. The Morgan fingerprint density at radius 2 is 2.11 bits per heavy atom. The molecule has 2 fully saturated rings. The van der Waals surface area contributed by atoms with Gasteiger partial charge >= 0.3 is 6.09 Å². The summed E-state index contributed by atoms with van der Waals surface area (Å²) < 4.78 is 26.5. The highest BCUT2D eigenvalue weighted by Gasteiger charge is 2.47. The van der Waals surface area contributed by atoms with E-state index in [-0.39, 0.29) is 12.1 Å². The zero-order chi connectivity index (χ0) is 14.1. The summed E-state index contributed by atoms with van der Waals surface area (Å²) in [6.07, 6.45) is 2.79. The predicted molar refractivity (Wildman–Crippen MR) is 68.5 cm³/mol. The Kier molecular flexibility index (Phi) is 4.03. The van der Waals surface area contributed by atoms with Gasteiger partial charge in [-0.25, -0.2) is 4.79 Å². The van der Waals surface area contributed by atoms with Gasteiger partial charge < -0.3 is 10.0 Å². The summed E-state index contributed by atoms with van der Waals surface area (Å²) in [7, 11) is -3.40. The van der Waals surface area contributed by atoms with E-state index in [9.17, 15) is 18.3 Å². The van der Waals surface area contributed by atoms with Crippen LogP contribution in [0.2, 0.25) is 0 Å². The lowest BCUT2D eigenvalue weighted by atomic mass is 9.95. The van der Waals surface area contributed by atoms with Gasteiger partial charge in [0, 0.05) is 26.2 Å². The maximum absolute atomic E-state index is 11.2. The Balaban J connectivity index is 1.87. The van der Waals surface area contributed by atoms with Gasteiger partial charge in [0.1, 0.15) is 0 Å². The Bertz CT molecular complexity index is 452. The molecule has 2 rings (SSSR count). The van der Waals surface area contributed by atoms with Crippen LogP contribution in [0.1, 0.15) is 19.3 Å². The summed E-state index contributed by atoms with van der Waals surface area (Å²) in [6, 6.07) is 0. The van der Waals surface area contributed by atoms with Crippen molar-refractivity contribution in [3.63, 3.8) is 0 Å². The SMILES string of the molecule is CS(=O)(=O)OCCN1CC[C@]2(CCCN2C(=O)O)C1. The molecule has 2 heterocycles. The number of carbonyl (C=O) groups is 1. The van der Waals surface area contributed by atoms with Crippen LogP contribution < -0.4 is 0 Å². The minimum absolute atomic E-state index is 0.127. The van der Waals surface area contributed by atoms with Gasteiger partial charge in [0.05, 0.1) is 18.4 Å². The van der Waals surface area contributed by atoms with Crippen molar-refractivity contribution in [2.45, 2.75) is 24.8 Å². The van der Waals surface area contributed by atoms with Crippen LogP contribution in [-0.4, -0.2) is 74.0 Å². The molecule has 0 aromatic rings. The van der Waals surface area contributed by atoms with Gasteiger partial charge in [-0.1, -0.05) is 0 Å². The fourth-order valence-corrected chi connectivity index (χ4v) is 3.49. The van der Waals surface area contributed by atoms with Crippen molar-refractivity contribution in [2.75, 3.05) is 39.0 Å². The van der Waals surface area contributed by atoms with Crippen LogP contribution in [0.25, 0.3) is 0 Å². The number of amides is 1. The summed E-state index contributed by atoms with van der Waals surface area (Å²) in [5, 5.41) is 9.21. The minimum Gasteiger partial charge on any atom is -0.465 e. The molecule has 0 aromatic carbocycles. The molecule has 8 heteroatoms. The fourth-order valence-electron chi connectivity index (χ4n) is 3.11. The number of nitrogens with zero attached hydrogens (tertiary/aromatic N) is 2. The molecule has 1 spiro atoms. The van der Waals surface area contributed by atoms with E-state index in [1.54, 1.807) is 4.90 Å². The lowest BCUT2D eigenvalue weighted by Gasteiger charge is -2.33. The maximum Gasteiger partial charge on any atom is 0.407 e. The van der Waals surface area contributed by atoms with Gasteiger partial charge in [-0.05, 0) is 19.3 Å². The van der Waals surface area contributed by atoms with Gasteiger partial charge in [-0.15, -0.1) is 0 Å². The predicted octanol–water partition coefficient (Wildman–Crippen LogP) is 0.181. The van der Waals surface area contributed by atoms with Gasteiger partial charge in [-0.3, -0.25) is 9.08 Å². The van der Waals surface area contributed by atoms with E-state index in [2.05, 4.69) is 4.90 Å². The van der Waals surface area contributed by atoms with E-state index >= 15 is 0 Å². The normalized spacial score (nSPS) is 28.4. The van der Waals surface area contributed by atoms with E-state index in [1.807, 2.05) is 0 Å². The average molecular weight is 292 g/mol. The van der Waals surface area contributed by atoms with Crippen LogP contribution in [0.3, 0.4) is 0 Å². The molecule has 110 valence electrons. The van der Waals surface area contributed by atoms with E-state index in [4.69, 9.17) is 4.18 Å². The number of likely N-dealkylation sites (tertiary alicyclic amines) is 2. The number of hydrogen-bond donors (Lipinski definition) is 1. The van der Waals surface area contributed by atoms with Crippen molar-refractivity contribution in [2.24, 2.45) is 0 Å². The van der Waals surface area contributed by atoms with E-state index in [0.717, 1.165) is 32.1 Å². The molecule has 1 N–H and O–H groups in total. The van der Waals surface area contributed by atoms with Crippen LogP contribution in [0.5, 0.6) is 0 Å². The summed E-state index contributed by atoms with van der Waals surface area (Å²) in [5.74, 6) is 0. The number of rotatable bonds is 4. The van der Waals surface area contributed by atoms with Gasteiger partial charge in [0.25, 0.3) is 10.1 Å². The smallest absolute Gasteiger partial charge is 0.407 e. The summed E-state index contributed by atoms with van der Waals surface area (Å²) in [5.41, 5.74) is -0.267. The highest BCUT2D eigenvalue weighted by Crippen LogP contribution is 2.37. The Hall–Kier alpha value is -0.860. The second-order valence-corrected chi connectivity index (χ2v) is 6.96.